The molecule has 23 heavy (non-hydrogen) atoms. The van der Waals surface area contributed by atoms with E-state index in [4.69, 9.17) is 16.3 Å². The highest BCUT2D eigenvalue weighted by atomic mass is 35.5. The molecule has 0 saturated carbocycles. The second-order valence-electron chi connectivity index (χ2n) is 5.83. The molecule has 0 fully saturated rings. The number of hydrogen-bond donors (Lipinski definition) is 2. The summed E-state index contributed by atoms with van der Waals surface area (Å²) in [5.41, 5.74) is 0.945. The number of pyridine rings is 1. The van der Waals surface area contributed by atoms with Crippen LogP contribution in [0.1, 0.15) is 24.3 Å². The maximum atomic E-state index is 12.1. The molecule has 2 aromatic rings. The Hall–Kier alpha value is -1.69. The molecule has 2 N–H and O–H groups in total. The van der Waals surface area contributed by atoms with E-state index in [1.807, 2.05) is 26.0 Å². The third-order valence-corrected chi connectivity index (χ3v) is 3.38. The zero-order valence-corrected chi connectivity index (χ0v) is 14.0. The summed E-state index contributed by atoms with van der Waals surface area (Å²) in [6.45, 7) is 4.96. The van der Waals surface area contributed by atoms with Crippen LogP contribution in [0.5, 0.6) is 0 Å². The van der Waals surface area contributed by atoms with Crippen LogP contribution in [0.15, 0.2) is 30.3 Å². The number of ether oxygens (including phenoxy) is 1. The van der Waals surface area contributed by atoms with Crippen molar-refractivity contribution in [1.82, 2.24) is 10.3 Å². The van der Waals surface area contributed by atoms with Gasteiger partial charge in [0.05, 0.1) is 18.2 Å². The summed E-state index contributed by atoms with van der Waals surface area (Å²) >= 11 is 5.94. The third kappa shape index (κ3) is 5.46. The van der Waals surface area contributed by atoms with Gasteiger partial charge in [0.15, 0.2) is 0 Å². The van der Waals surface area contributed by atoms with E-state index in [9.17, 15) is 9.90 Å². The smallest absolute Gasteiger partial charge is 0.269 e. The number of nitrogens with zero attached hydrogens (tertiary/aromatic N) is 1. The topological polar surface area (TPSA) is 71.5 Å². The van der Waals surface area contributed by atoms with Gasteiger partial charge in [0.2, 0.25) is 0 Å². The molecule has 0 aliphatic carbocycles. The largest absolute Gasteiger partial charge is 0.389 e. The van der Waals surface area contributed by atoms with E-state index in [0.717, 1.165) is 5.39 Å². The van der Waals surface area contributed by atoms with Crippen LogP contribution in [-0.2, 0) is 4.74 Å². The van der Waals surface area contributed by atoms with E-state index in [0.29, 0.717) is 23.1 Å². The zero-order chi connectivity index (χ0) is 16.8. The number of aliphatic hydroxyl groups is 1. The summed E-state index contributed by atoms with van der Waals surface area (Å²) in [6.07, 6.45) is -0.743. The summed E-state index contributed by atoms with van der Waals surface area (Å²) in [5, 5.41) is 13.9. The second-order valence-corrected chi connectivity index (χ2v) is 6.27. The van der Waals surface area contributed by atoms with E-state index in [1.54, 1.807) is 18.2 Å². The molecule has 0 saturated heterocycles. The first-order valence-corrected chi connectivity index (χ1v) is 7.94. The maximum absolute atomic E-state index is 12.1. The summed E-state index contributed by atoms with van der Waals surface area (Å²) in [7, 11) is 0. The number of amides is 1. The lowest BCUT2D eigenvalue weighted by Crippen LogP contribution is -2.35. The maximum Gasteiger partial charge on any atom is 0.269 e. The second kappa shape index (κ2) is 8.24. The Balaban J connectivity index is 1.90. The fraction of sp³-hybridized carbons (Fsp3) is 0.412. The number of nitrogens with one attached hydrogen (secondary N) is 1. The van der Waals surface area contributed by atoms with Crippen LogP contribution in [0, 0.1) is 5.92 Å². The Kier molecular flexibility index (Phi) is 6.33. The molecule has 0 spiro atoms. The molecule has 0 radical (unpaired) electrons. The highest BCUT2D eigenvalue weighted by Gasteiger charge is 2.11. The van der Waals surface area contributed by atoms with E-state index in [-0.39, 0.29) is 24.8 Å². The summed E-state index contributed by atoms with van der Waals surface area (Å²) in [6, 6.07) is 8.80. The first kappa shape index (κ1) is 17.7. The number of halogens is 1. The van der Waals surface area contributed by atoms with E-state index < -0.39 is 6.10 Å². The van der Waals surface area contributed by atoms with Gasteiger partial charge in [-0.25, -0.2) is 4.98 Å². The fourth-order valence-electron chi connectivity index (χ4n) is 2.02. The highest BCUT2D eigenvalue weighted by molar-refractivity contribution is 6.31. The molecule has 0 bridgehead atoms. The lowest BCUT2D eigenvalue weighted by Gasteiger charge is -2.13. The molecule has 1 heterocycles. The van der Waals surface area contributed by atoms with Crippen LogP contribution in [0.25, 0.3) is 10.9 Å². The number of fused-ring (bicyclic) bond motifs is 1. The average Bonchev–Trinajstić information content (AvgIpc) is 2.51. The molecule has 1 aromatic carbocycles. The number of aromatic nitrogens is 1. The first-order valence-electron chi connectivity index (χ1n) is 7.56. The minimum absolute atomic E-state index is 0.117. The SMILES string of the molecule is CC(C)COCC(O)CNC(=O)c1ccc2ccc(Cl)cc2n1. The zero-order valence-electron chi connectivity index (χ0n) is 13.3. The van der Waals surface area contributed by atoms with Crippen LogP contribution < -0.4 is 5.32 Å². The Morgan fingerprint density at radius 2 is 2.04 bits per heavy atom. The molecule has 124 valence electrons. The minimum atomic E-state index is -0.743. The molecule has 5 nitrogen and oxygen atoms in total. The van der Waals surface area contributed by atoms with Crippen LogP contribution in [0.2, 0.25) is 5.02 Å². The van der Waals surface area contributed by atoms with Gasteiger partial charge in [0.1, 0.15) is 5.69 Å². The highest BCUT2D eigenvalue weighted by Crippen LogP contribution is 2.17. The van der Waals surface area contributed by atoms with Crippen molar-refractivity contribution in [2.45, 2.75) is 20.0 Å². The number of carbonyl (C=O) groups is 1. The molecular weight excluding hydrogens is 316 g/mol. The Morgan fingerprint density at radius 1 is 1.30 bits per heavy atom. The Labute approximate surface area is 140 Å². The molecule has 1 aromatic heterocycles. The average molecular weight is 337 g/mol. The van der Waals surface area contributed by atoms with Crippen LogP contribution in [-0.4, -0.2) is 41.9 Å². The number of carbonyl (C=O) groups excluding carboxylic acids is 1. The number of rotatable bonds is 7. The van der Waals surface area contributed by atoms with Crippen molar-refractivity contribution in [2.75, 3.05) is 19.8 Å². The third-order valence-electron chi connectivity index (χ3n) is 3.15. The molecule has 1 amide bonds. The van der Waals surface area contributed by atoms with Crippen LogP contribution in [0.3, 0.4) is 0 Å². The van der Waals surface area contributed by atoms with Gasteiger partial charge in [0, 0.05) is 23.6 Å². The van der Waals surface area contributed by atoms with E-state index >= 15 is 0 Å². The monoisotopic (exact) mass is 336 g/mol. The Bertz CT molecular complexity index is 676. The van der Waals surface area contributed by atoms with Crippen molar-refractivity contribution >= 4 is 28.4 Å². The van der Waals surface area contributed by atoms with Crippen molar-refractivity contribution < 1.29 is 14.6 Å². The van der Waals surface area contributed by atoms with E-state index in [2.05, 4.69) is 10.3 Å². The molecule has 2 rings (SSSR count). The summed E-state index contributed by atoms with van der Waals surface area (Å²) < 4.78 is 5.33. The molecular formula is C17H21ClN2O3. The first-order chi connectivity index (χ1) is 11.0. The molecule has 6 heteroatoms. The predicted molar refractivity (Wildman–Crippen MR) is 90.8 cm³/mol. The van der Waals surface area contributed by atoms with E-state index in [1.165, 1.54) is 0 Å². The quantitative estimate of drug-likeness (QED) is 0.815. The van der Waals surface area contributed by atoms with Crippen molar-refractivity contribution in [3.05, 3.63) is 41.0 Å². The fourth-order valence-corrected chi connectivity index (χ4v) is 2.18. The van der Waals surface area contributed by atoms with Gasteiger partial charge in [-0.2, -0.15) is 0 Å². The number of benzene rings is 1. The van der Waals surface area contributed by atoms with Gasteiger partial charge in [0.25, 0.3) is 5.91 Å². The van der Waals surface area contributed by atoms with Gasteiger partial charge < -0.3 is 15.2 Å². The van der Waals surface area contributed by atoms with Gasteiger partial charge in [-0.3, -0.25) is 4.79 Å². The van der Waals surface area contributed by atoms with Crippen LogP contribution >= 0.6 is 11.6 Å². The Morgan fingerprint density at radius 3 is 2.78 bits per heavy atom. The number of aliphatic hydroxyl groups excluding tert-OH is 1. The van der Waals surface area contributed by atoms with Crippen molar-refractivity contribution in [3.63, 3.8) is 0 Å². The molecule has 0 aliphatic rings. The van der Waals surface area contributed by atoms with Crippen LogP contribution in [0.4, 0.5) is 0 Å². The van der Waals surface area contributed by atoms with Crippen molar-refractivity contribution in [3.8, 4) is 0 Å². The predicted octanol–water partition coefficient (Wildman–Crippen LogP) is 2.65. The molecule has 0 aliphatic heterocycles. The van der Waals surface area contributed by atoms with Gasteiger partial charge in [-0.15, -0.1) is 0 Å². The standard InChI is InChI=1S/C17H21ClN2O3/c1-11(2)9-23-10-14(21)8-19-17(22)15-6-4-12-3-5-13(18)7-16(12)20-15/h3-7,11,14,21H,8-10H2,1-2H3,(H,19,22). The lowest BCUT2D eigenvalue weighted by molar-refractivity contribution is 0.0259. The summed E-state index contributed by atoms with van der Waals surface area (Å²) in [4.78, 5) is 16.4. The normalized spacial score (nSPS) is 12.6. The van der Waals surface area contributed by atoms with Crippen molar-refractivity contribution in [2.24, 2.45) is 5.92 Å². The summed E-state index contributed by atoms with van der Waals surface area (Å²) in [5.74, 6) is 0.0696. The van der Waals surface area contributed by atoms with Gasteiger partial charge in [-0.05, 0) is 24.1 Å². The minimum Gasteiger partial charge on any atom is -0.389 e. The number of hydrogen-bond acceptors (Lipinski definition) is 4. The molecule has 1 atom stereocenters. The lowest BCUT2D eigenvalue weighted by atomic mass is 10.2. The van der Waals surface area contributed by atoms with Gasteiger partial charge in [-0.1, -0.05) is 37.6 Å². The van der Waals surface area contributed by atoms with Crippen molar-refractivity contribution in [1.29, 1.82) is 0 Å². The van der Waals surface area contributed by atoms with Gasteiger partial charge >= 0.3 is 0 Å². The molecule has 1 unspecified atom stereocenters.